The van der Waals surface area contributed by atoms with Crippen LogP contribution in [0.15, 0.2) is 36.5 Å². The first-order valence-corrected chi connectivity index (χ1v) is 5.25. The molecule has 84 valence electrons. The highest BCUT2D eigenvalue weighted by Gasteiger charge is 2.02. The first kappa shape index (κ1) is 11.2. The van der Waals surface area contributed by atoms with E-state index in [1.54, 1.807) is 36.5 Å². The molecule has 1 aromatic heterocycles. The second-order valence-electron chi connectivity index (χ2n) is 3.41. The van der Waals surface area contributed by atoms with E-state index in [1.807, 2.05) is 0 Å². The normalized spacial score (nSPS) is 9.65. The Bertz CT molecular complexity index is 572. The maximum absolute atomic E-state index is 8.81. The highest BCUT2D eigenvalue weighted by Crippen LogP contribution is 2.24. The highest BCUT2D eigenvalue weighted by molar-refractivity contribution is 6.29. The van der Waals surface area contributed by atoms with E-state index in [2.05, 4.69) is 16.4 Å². The molecule has 1 aromatic carbocycles. The Morgan fingerprint density at radius 1 is 1.29 bits per heavy atom. The summed E-state index contributed by atoms with van der Waals surface area (Å²) >= 11 is 5.69. The Morgan fingerprint density at radius 3 is 2.76 bits per heavy atom. The van der Waals surface area contributed by atoms with E-state index in [9.17, 15) is 0 Å². The van der Waals surface area contributed by atoms with Crippen molar-refractivity contribution in [3.05, 3.63) is 47.2 Å². The molecule has 2 aromatic rings. The van der Waals surface area contributed by atoms with Gasteiger partial charge in [0.25, 0.3) is 0 Å². The summed E-state index contributed by atoms with van der Waals surface area (Å²) in [5, 5.41) is 12.3. The molecule has 0 radical (unpaired) electrons. The van der Waals surface area contributed by atoms with Gasteiger partial charge in [0.2, 0.25) is 0 Å². The van der Waals surface area contributed by atoms with Gasteiger partial charge in [-0.1, -0.05) is 11.6 Å². The SMILES string of the molecule is N#Cc1ccc(N)c(Nc2ccc(Cl)nc2)c1. The van der Waals surface area contributed by atoms with Crippen LogP contribution in [0.3, 0.4) is 0 Å². The van der Waals surface area contributed by atoms with Gasteiger partial charge in [-0.3, -0.25) is 0 Å². The van der Waals surface area contributed by atoms with E-state index < -0.39 is 0 Å². The van der Waals surface area contributed by atoms with Crippen molar-refractivity contribution >= 4 is 28.7 Å². The predicted octanol–water partition coefficient (Wildman–Crippen LogP) is 2.93. The summed E-state index contributed by atoms with van der Waals surface area (Å²) in [6.45, 7) is 0. The van der Waals surface area contributed by atoms with Crippen molar-refractivity contribution in [3.8, 4) is 6.07 Å². The van der Waals surface area contributed by atoms with Crippen LogP contribution in [0, 0.1) is 11.3 Å². The summed E-state index contributed by atoms with van der Waals surface area (Å²) < 4.78 is 0. The van der Waals surface area contributed by atoms with Gasteiger partial charge in [0, 0.05) is 0 Å². The molecular formula is C12H9ClN4. The lowest BCUT2D eigenvalue weighted by atomic mass is 10.2. The van der Waals surface area contributed by atoms with Crippen LogP contribution < -0.4 is 11.1 Å². The van der Waals surface area contributed by atoms with Crippen LogP contribution in [0.2, 0.25) is 5.15 Å². The van der Waals surface area contributed by atoms with Crippen molar-refractivity contribution in [2.45, 2.75) is 0 Å². The molecule has 0 aliphatic rings. The highest BCUT2D eigenvalue weighted by atomic mass is 35.5. The van der Waals surface area contributed by atoms with Crippen LogP contribution in [0.25, 0.3) is 0 Å². The van der Waals surface area contributed by atoms with Crippen molar-refractivity contribution in [1.82, 2.24) is 4.98 Å². The Balaban J connectivity index is 2.29. The number of aromatic nitrogens is 1. The zero-order valence-corrected chi connectivity index (χ0v) is 9.57. The van der Waals surface area contributed by atoms with Crippen LogP contribution in [-0.2, 0) is 0 Å². The Kier molecular flexibility index (Phi) is 3.12. The second-order valence-corrected chi connectivity index (χ2v) is 3.80. The fourth-order valence-electron chi connectivity index (χ4n) is 1.34. The van der Waals surface area contributed by atoms with Crippen molar-refractivity contribution in [2.24, 2.45) is 0 Å². The Hall–Kier alpha value is -2.25. The van der Waals surface area contributed by atoms with E-state index in [1.165, 1.54) is 0 Å². The van der Waals surface area contributed by atoms with E-state index in [-0.39, 0.29) is 0 Å². The van der Waals surface area contributed by atoms with E-state index in [0.29, 0.717) is 22.1 Å². The number of benzene rings is 1. The molecule has 0 saturated carbocycles. The third kappa shape index (κ3) is 2.65. The molecular weight excluding hydrogens is 236 g/mol. The molecule has 0 amide bonds. The summed E-state index contributed by atoms with van der Waals surface area (Å²) in [7, 11) is 0. The Morgan fingerprint density at radius 2 is 2.12 bits per heavy atom. The molecule has 0 fully saturated rings. The number of nitrogen functional groups attached to an aromatic ring is 1. The largest absolute Gasteiger partial charge is 0.397 e. The summed E-state index contributed by atoms with van der Waals surface area (Å²) in [4.78, 5) is 3.94. The molecule has 2 rings (SSSR count). The van der Waals surface area contributed by atoms with Crippen LogP contribution in [-0.4, -0.2) is 4.98 Å². The number of nitrogens with zero attached hydrogens (tertiary/aromatic N) is 2. The minimum Gasteiger partial charge on any atom is -0.397 e. The van der Waals surface area contributed by atoms with Gasteiger partial charge in [-0.2, -0.15) is 5.26 Å². The minimum atomic E-state index is 0.425. The lowest BCUT2D eigenvalue weighted by Gasteiger charge is -2.09. The lowest BCUT2D eigenvalue weighted by Crippen LogP contribution is -1.97. The molecule has 3 N–H and O–H groups in total. The van der Waals surface area contributed by atoms with Gasteiger partial charge in [0.15, 0.2) is 0 Å². The fraction of sp³-hybridized carbons (Fsp3) is 0. The summed E-state index contributed by atoms with van der Waals surface area (Å²) in [5.74, 6) is 0. The molecule has 4 nitrogen and oxygen atoms in total. The number of nitrogens with one attached hydrogen (secondary N) is 1. The van der Waals surface area contributed by atoms with Crippen molar-refractivity contribution in [1.29, 1.82) is 5.26 Å². The van der Waals surface area contributed by atoms with Gasteiger partial charge in [-0.05, 0) is 30.3 Å². The zero-order chi connectivity index (χ0) is 12.3. The number of hydrogen-bond acceptors (Lipinski definition) is 4. The molecule has 0 unspecified atom stereocenters. The molecule has 0 bridgehead atoms. The lowest BCUT2D eigenvalue weighted by molar-refractivity contribution is 1.32. The van der Waals surface area contributed by atoms with Crippen molar-refractivity contribution in [3.63, 3.8) is 0 Å². The monoisotopic (exact) mass is 244 g/mol. The van der Waals surface area contributed by atoms with Crippen molar-refractivity contribution < 1.29 is 0 Å². The van der Waals surface area contributed by atoms with E-state index in [0.717, 1.165) is 5.69 Å². The molecule has 1 heterocycles. The summed E-state index contributed by atoms with van der Waals surface area (Å²) in [6, 6.07) is 10.6. The fourth-order valence-corrected chi connectivity index (χ4v) is 1.45. The zero-order valence-electron chi connectivity index (χ0n) is 8.81. The third-order valence-electron chi connectivity index (χ3n) is 2.19. The van der Waals surface area contributed by atoms with Gasteiger partial charge in [0.1, 0.15) is 5.15 Å². The van der Waals surface area contributed by atoms with Crippen LogP contribution in [0.1, 0.15) is 5.56 Å². The van der Waals surface area contributed by atoms with E-state index in [4.69, 9.17) is 22.6 Å². The van der Waals surface area contributed by atoms with Crippen LogP contribution in [0.5, 0.6) is 0 Å². The maximum Gasteiger partial charge on any atom is 0.129 e. The summed E-state index contributed by atoms with van der Waals surface area (Å²) in [6.07, 6.45) is 1.60. The molecule has 0 aliphatic heterocycles. The number of halogens is 1. The average molecular weight is 245 g/mol. The van der Waals surface area contributed by atoms with Gasteiger partial charge in [0.05, 0.1) is 34.9 Å². The smallest absolute Gasteiger partial charge is 0.129 e. The Labute approximate surface area is 104 Å². The molecule has 0 atom stereocenters. The van der Waals surface area contributed by atoms with Gasteiger partial charge in [-0.15, -0.1) is 0 Å². The molecule has 5 heteroatoms. The maximum atomic E-state index is 8.81. The average Bonchev–Trinajstić information content (AvgIpc) is 2.35. The first-order valence-electron chi connectivity index (χ1n) is 4.87. The number of pyridine rings is 1. The van der Waals surface area contributed by atoms with Crippen LogP contribution >= 0.6 is 11.6 Å². The first-order chi connectivity index (χ1) is 8.19. The minimum absolute atomic E-state index is 0.425. The standard InChI is InChI=1S/C12H9ClN4/c13-12-4-2-9(7-16-12)17-11-5-8(6-14)1-3-10(11)15/h1-5,7,17H,15H2. The molecule has 0 saturated heterocycles. The molecule has 0 aliphatic carbocycles. The topological polar surface area (TPSA) is 74.7 Å². The number of rotatable bonds is 2. The van der Waals surface area contributed by atoms with Crippen molar-refractivity contribution in [2.75, 3.05) is 11.1 Å². The second kappa shape index (κ2) is 4.73. The van der Waals surface area contributed by atoms with E-state index >= 15 is 0 Å². The molecule has 0 spiro atoms. The predicted molar refractivity (Wildman–Crippen MR) is 68.1 cm³/mol. The van der Waals surface area contributed by atoms with Gasteiger partial charge in [-0.25, -0.2) is 4.98 Å². The third-order valence-corrected chi connectivity index (χ3v) is 2.41. The number of nitriles is 1. The van der Waals surface area contributed by atoms with Gasteiger partial charge >= 0.3 is 0 Å². The quantitative estimate of drug-likeness (QED) is 0.629. The van der Waals surface area contributed by atoms with Crippen LogP contribution in [0.4, 0.5) is 17.1 Å². The van der Waals surface area contributed by atoms with Gasteiger partial charge < -0.3 is 11.1 Å². The number of anilines is 3. The summed E-state index contributed by atoms with van der Waals surface area (Å²) in [5.41, 5.74) is 8.35. The number of nitrogens with two attached hydrogens (primary N) is 1. The number of hydrogen-bond donors (Lipinski definition) is 2. The molecule has 17 heavy (non-hydrogen) atoms.